The van der Waals surface area contributed by atoms with E-state index < -0.39 is 17.2 Å². The molecule has 0 saturated carbocycles. The maximum Gasteiger partial charge on any atom is 0.280 e. The SMILES string of the molecule is Cc1nc(OCc2ccc(F)cc2F)c(Cl)c(=O)n1-c1ccc2c(c1)CN(C(=O)CCO)C2. The second kappa shape index (κ2) is 9.29. The Kier molecular flexibility index (Phi) is 6.44. The highest BCUT2D eigenvalue weighted by Crippen LogP contribution is 2.27. The molecule has 0 fully saturated rings. The van der Waals surface area contributed by atoms with Crippen LogP contribution >= 0.6 is 11.6 Å². The minimum absolute atomic E-state index is 0.0578. The van der Waals surface area contributed by atoms with Crippen LogP contribution in [0.25, 0.3) is 5.69 Å². The molecule has 0 unspecified atom stereocenters. The van der Waals surface area contributed by atoms with Crippen LogP contribution in [0.3, 0.4) is 0 Å². The number of amides is 1. The Labute approximate surface area is 192 Å². The number of carbonyl (C=O) groups excluding carboxylic acids is 1. The molecule has 2 heterocycles. The van der Waals surface area contributed by atoms with Crippen molar-refractivity contribution in [1.29, 1.82) is 0 Å². The number of carbonyl (C=O) groups is 1. The first-order valence-electron chi connectivity index (χ1n) is 10.1. The third-order valence-electron chi connectivity index (χ3n) is 5.39. The second-order valence-electron chi connectivity index (χ2n) is 7.62. The van der Waals surface area contributed by atoms with Crippen LogP contribution in [0.5, 0.6) is 5.88 Å². The Hall–Kier alpha value is -3.30. The number of ether oxygens (including phenoxy) is 1. The lowest BCUT2D eigenvalue weighted by molar-refractivity contribution is -0.132. The van der Waals surface area contributed by atoms with Gasteiger partial charge < -0.3 is 14.7 Å². The van der Waals surface area contributed by atoms with Crippen molar-refractivity contribution in [2.75, 3.05) is 6.61 Å². The van der Waals surface area contributed by atoms with Gasteiger partial charge in [-0.1, -0.05) is 17.7 Å². The van der Waals surface area contributed by atoms with Gasteiger partial charge in [-0.3, -0.25) is 14.2 Å². The molecule has 1 aliphatic rings. The standard InChI is InChI=1S/C23H20ClF2N3O4/c1-13-27-22(33-12-15-2-4-17(25)9-19(15)26)21(24)23(32)29(13)18-5-3-14-10-28(11-16(14)8-18)20(31)6-7-30/h2-5,8-9,30H,6-7,10-12H2,1H3. The van der Waals surface area contributed by atoms with E-state index in [-0.39, 0.29) is 42.0 Å². The first kappa shape index (κ1) is 22.9. The first-order chi connectivity index (χ1) is 15.8. The van der Waals surface area contributed by atoms with E-state index in [1.807, 2.05) is 6.07 Å². The quantitative estimate of drug-likeness (QED) is 0.591. The number of halogens is 3. The van der Waals surface area contributed by atoms with Crippen LogP contribution in [0.1, 0.15) is 28.9 Å². The molecule has 7 nitrogen and oxygen atoms in total. The van der Waals surface area contributed by atoms with Gasteiger partial charge in [0.25, 0.3) is 5.56 Å². The molecule has 4 rings (SSSR count). The fraction of sp³-hybridized carbons (Fsp3) is 0.261. The molecule has 0 atom stereocenters. The maximum absolute atomic E-state index is 13.9. The van der Waals surface area contributed by atoms with Crippen molar-refractivity contribution in [1.82, 2.24) is 14.5 Å². The summed E-state index contributed by atoms with van der Waals surface area (Å²) >= 11 is 6.22. The van der Waals surface area contributed by atoms with Crippen LogP contribution in [0.4, 0.5) is 8.78 Å². The molecule has 0 saturated heterocycles. The summed E-state index contributed by atoms with van der Waals surface area (Å²) in [6.07, 6.45) is 0.0578. The smallest absolute Gasteiger partial charge is 0.280 e. The van der Waals surface area contributed by atoms with Crippen molar-refractivity contribution in [3.8, 4) is 11.6 Å². The van der Waals surface area contributed by atoms with Gasteiger partial charge >= 0.3 is 0 Å². The molecule has 0 aliphatic carbocycles. The van der Waals surface area contributed by atoms with E-state index in [1.165, 1.54) is 10.6 Å². The summed E-state index contributed by atoms with van der Waals surface area (Å²) in [5.41, 5.74) is 1.89. The van der Waals surface area contributed by atoms with Gasteiger partial charge in [-0.15, -0.1) is 0 Å². The fourth-order valence-corrected chi connectivity index (χ4v) is 3.90. The minimum Gasteiger partial charge on any atom is -0.471 e. The van der Waals surface area contributed by atoms with Gasteiger partial charge in [0.05, 0.1) is 12.3 Å². The molecule has 33 heavy (non-hydrogen) atoms. The molecule has 1 aromatic heterocycles. The zero-order valence-corrected chi connectivity index (χ0v) is 18.4. The van der Waals surface area contributed by atoms with Crippen LogP contribution < -0.4 is 10.3 Å². The third-order valence-corrected chi connectivity index (χ3v) is 5.72. The molecule has 1 aliphatic heterocycles. The summed E-state index contributed by atoms with van der Waals surface area (Å²) < 4.78 is 33.7. The molecule has 172 valence electrons. The number of aliphatic hydroxyl groups excluding tert-OH is 1. The number of hydrogen-bond donors (Lipinski definition) is 1. The van der Waals surface area contributed by atoms with Crippen molar-refractivity contribution in [3.05, 3.63) is 85.9 Å². The molecule has 3 aromatic rings. The Balaban J connectivity index is 1.59. The van der Waals surface area contributed by atoms with E-state index in [4.69, 9.17) is 21.4 Å². The molecule has 0 spiro atoms. The molecule has 0 bridgehead atoms. The van der Waals surface area contributed by atoms with Crippen LogP contribution in [-0.2, 0) is 24.5 Å². The second-order valence-corrected chi connectivity index (χ2v) is 8.00. The Bertz CT molecular complexity index is 1300. The Morgan fingerprint density at radius 1 is 1.18 bits per heavy atom. The number of aliphatic hydroxyl groups is 1. The number of rotatable bonds is 6. The van der Waals surface area contributed by atoms with Crippen molar-refractivity contribution in [2.45, 2.75) is 33.0 Å². The van der Waals surface area contributed by atoms with Gasteiger partial charge in [-0.25, -0.2) is 8.78 Å². The van der Waals surface area contributed by atoms with Gasteiger partial charge in [-0.05, 0) is 42.3 Å². The lowest BCUT2D eigenvalue weighted by Crippen LogP contribution is -2.25. The summed E-state index contributed by atoms with van der Waals surface area (Å²) in [7, 11) is 0. The van der Waals surface area contributed by atoms with Crippen molar-refractivity contribution >= 4 is 17.5 Å². The highest BCUT2D eigenvalue weighted by molar-refractivity contribution is 6.31. The van der Waals surface area contributed by atoms with E-state index in [9.17, 15) is 18.4 Å². The monoisotopic (exact) mass is 475 g/mol. The number of nitrogens with zero attached hydrogens (tertiary/aromatic N) is 3. The minimum atomic E-state index is -0.777. The van der Waals surface area contributed by atoms with Gasteiger partial charge in [-0.2, -0.15) is 4.98 Å². The molecular formula is C23H20ClF2N3O4. The third kappa shape index (κ3) is 4.60. The summed E-state index contributed by atoms with van der Waals surface area (Å²) in [5, 5.41) is 8.72. The fourth-order valence-electron chi connectivity index (χ4n) is 3.72. The topological polar surface area (TPSA) is 84.7 Å². The molecule has 1 N–H and O–H groups in total. The maximum atomic E-state index is 13.9. The van der Waals surface area contributed by atoms with Crippen LogP contribution in [0.2, 0.25) is 5.02 Å². The van der Waals surface area contributed by atoms with E-state index in [0.29, 0.717) is 24.6 Å². The van der Waals surface area contributed by atoms with Crippen molar-refractivity contribution in [2.24, 2.45) is 0 Å². The van der Waals surface area contributed by atoms with E-state index in [2.05, 4.69) is 4.98 Å². The average Bonchev–Trinajstić information content (AvgIpc) is 3.20. The summed E-state index contributed by atoms with van der Waals surface area (Å²) in [6.45, 7) is 1.93. The highest BCUT2D eigenvalue weighted by atomic mass is 35.5. The molecular weight excluding hydrogens is 456 g/mol. The van der Waals surface area contributed by atoms with Crippen molar-refractivity contribution < 1.29 is 23.4 Å². The summed E-state index contributed by atoms with van der Waals surface area (Å²) in [4.78, 5) is 31.0. The summed E-state index contributed by atoms with van der Waals surface area (Å²) in [6, 6.07) is 8.45. The number of aromatic nitrogens is 2. The normalized spacial score (nSPS) is 12.7. The highest BCUT2D eigenvalue weighted by Gasteiger charge is 2.24. The van der Waals surface area contributed by atoms with Crippen LogP contribution in [0, 0.1) is 18.6 Å². The molecule has 2 aromatic carbocycles. The van der Waals surface area contributed by atoms with E-state index in [1.54, 1.807) is 24.0 Å². The number of aryl methyl sites for hydroxylation is 1. The number of hydrogen-bond acceptors (Lipinski definition) is 5. The van der Waals surface area contributed by atoms with Gasteiger partial charge in [0.15, 0.2) is 5.02 Å². The lowest BCUT2D eigenvalue weighted by atomic mass is 10.1. The van der Waals surface area contributed by atoms with E-state index in [0.717, 1.165) is 23.3 Å². The molecule has 1 amide bonds. The zero-order chi connectivity index (χ0) is 23.7. The van der Waals surface area contributed by atoms with Crippen LogP contribution in [0.15, 0.2) is 41.2 Å². The predicted molar refractivity (Wildman–Crippen MR) is 116 cm³/mol. The largest absolute Gasteiger partial charge is 0.471 e. The Morgan fingerprint density at radius 3 is 2.67 bits per heavy atom. The Morgan fingerprint density at radius 2 is 1.94 bits per heavy atom. The summed E-state index contributed by atoms with van der Waals surface area (Å²) in [5.74, 6) is -1.49. The van der Waals surface area contributed by atoms with Crippen molar-refractivity contribution in [3.63, 3.8) is 0 Å². The van der Waals surface area contributed by atoms with Gasteiger partial charge in [0.1, 0.15) is 24.1 Å². The molecule has 10 heteroatoms. The lowest BCUT2D eigenvalue weighted by Gasteiger charge is -2.14. The average molecular weight is 476 g/mol. The first-order valence-corrected chi connectivity index (χ1v) is 10.5. The number of fused-ring (bicyclic) bond motifs is 1. The predicted octanol–water partition coefficient (Wildman–Crippen LogP) is 3.28. The van der Waals surface area contributed by atoms with Crippen LogP contribution in [-0.4, -0.2) is 32.1 Å². The molecule has 0 radical (unpaired) electrons. The van der Waals surface area contributed by atoms with E-state index >= 15 is 0 Å². The van der Waals surface area contributed by atoms with Gasteiger partial charge in [0.2, 0.25) is 11.8 Å². The number of benzene rings is 2. The van der Waals surface area contributed by atoms with Gasteiger partial charge in [0, 0.05) is 31.1 Å². The zero-order valence-electron chi connectivity index (χ0n) is 17.6.